The average Bonchev–Trinajstić information content (AvgIpc) is 3.13. The van der Waals surface area contributed by atoms with Crippen molar-refractivity contribution in [1.82, 2.24) is 15.1 Å². The fourth-order valence-corrected chi connectivity index (χ4v) is 3.15. The van der Waals surface area contributed by atoms with E-state index in [2.05, 4.69) is 29.0 Å². The largest absolute Gasteiger partial charge is 0.379 e. The molecular weight excluding hydrogens is 242 g/mol. The Bertz CT molecular complexity index is 349. The maximum absolute atomic E-state index is 12.5. The molecule has 0 aromatic rings. The number of carbonyl (C=O) groups excluding carboxylic acids is 1. The van der Waals surface area contributed by atoms with Crippen LogP contribution in [-0.2, 0) is 9.53 Å². The van der Waals surface area contributed by atoms with Crippen LogP contribution in [0.25, 0.3) is 0 Å². The first kappa shape index (κ1) is 13.3. The number of nitrogens with zero attached hydrogens (tertiary/aromatic N) is 2. The van der Waals surface area contributed by atoms with Crippen molar-refractivity contribution in [2.75, 3.05) is 39.4 Å². The summed E-state index contributed by atoms with van der Waals surface area (Å²) in [5.41, 5.74) is -0.181. The van der Waals surface area contributed by atoms with Gasteiger partial charge in [0, 0.05) is 26.2 Å². The molecule has 2 heterocycles. The highest BCUT2D eigenvalue weighted by molar-refractivity contribution is 5.91. The van der Waals surface area contributed by atoms with Crippen molar-refractivity contribution >= 4 is 5.91 Å². The second-order valence-electron chi connectivity index (χ2n) is 6.37. The van der Waals surface area contributed by atoms with Crippen molar-refractivity contribution in [2.24, 2.45) is 5.92 Å². The maximum Gasteiger partial charge on any atom is 0.244 e. The van der Waals surface area contributed by atoms with Gasteiger partial charge in [0.2, 0.25) is 5.91 Å². The standard InChI is InChI=1S/C14H25N3O2/c1-11(2)12-15-14(3-4-14)13(18)17(12)6-5-16-7-9-19-10-8-16/h11-12,15H,3-10H2,1-2H3. The third-order valence-corrected chi connectivity index (χ3v) is 4.57. The van der Waals surface area contributed by atoms with E-state index in [1.54, 1.807) is 0 Å². The van der Waals surface area contributed by atoms with Crippen molar-refractivity contribution in [3.8, 4) is 0 Å². The van der Waals surface area contributed by atoms with Gasteiger partial charge in [-0.2, -0.15) is 0 Å². The number of amides is 1. The van der Waals surface area contributed by atoms with Crippen LogP contribution in [0.2, 0.25) is 0 Å². The SMILES string of the molecule is CC(C)C1NC2(CC2)C(=O)N1CCN1CCOCC1. The number of hydrogen-bond acceptors (Lipinski definition) is 4. The van der Waals surface area contributed by atoms with Crippen molar-refractivity contribution in [3.63, 3.8) is 0 Å². The molecule has 1 aliphatic carbocycles. The minimum absolute atomic E-state index is 0.181. The fraction of sp³-hybridized carbons (Fsp3) is 0.929. The molecule has 0 aromatic carbocycles. The van der Waals surface area contributed by atoms with E-state index in [0.29, 0.717) is 11.8 Å². The first-order valence-corrected chi connectivity index (χ1v) is 7.51. The molecule has 5 heteroatoms. The van der Waals surface area contributed by atoms with Crippen LogP contribution < -0.4 is 5.32 Å². The van der Waals surface area contributed by atoms with Crippen LogP contribution in [0.3, 0.4) is 0 Å². The Balaban J connectivity index is 1.59. The van der Waals surface area contributed by atoms with Gasteiger partial charge in [-0.3, -0.25) is 15.0 Å². The van der Waals surface area contributed by atoms with Gasteiger partial charge in [-0.15, -0.1) is 0 Å². The zero-order chi connectivity index (χ0) is 13.5. The molecule has 0 aromatic heterocycles. The molecule has 1 amide bonds. The van der Waals surface area contributed by atoms with E-state index in [1.165, 1.54) is 0 Å². The van der Waals surface area contributed by atoms with Gasteiger partial charge >= 0.3 is 0 Å². The molecule has 3 fully saturated rings. The first-order valence-electron chi connectivity index (χ1n) is 7.51. The van der Waals surface area contributed by atoms with E-state index in [4.69, 9.17) is 4.74 Å². The van der Waals surface area contributed by atoms with Crippen LogP contribution in [0.4, 0.5) is 0 Å². The summed E-state index contributed by atoms with van der Waals surface area (Å²) in [6.45, 7) is 9.82. The molecular formula is C14H25N3O2. The molecule has 1 saturated carbocycles. The highest BCUT2D eigenvalue weighted by Gasteiger charge is 2.59. The molecule has 0 bridgehead atoms. The lowest BCUT2D eigenvalue weighted by Crippen LogP contribution is -2.47. The van der Waals surface area contributed by atoms with Crippen LogP contribution in [0.5, 0.6) is 0 Å². The molecule has 1 spiro atoms. The third kappa shape index (κ3) is 2.51. The number of carbonyl (C=O) groups is 1. The molecule has 5 nitrogen and oxygen atoms in total. The Morgan fingerprint density at radius 2 is 2.00 bits per heavy atom. The zero-order valence-electron chi connectivity index (χ0n) is 12.0. The average molecular weight is 267 g/mol. The Morgan fingerprint density at radius 3 is 2.58 bits per heavy atom. The third-order valence-electron chi connectivity index (χ3n) is 4.57. The maximum atomic E-state index is 12.5. The van der Waals surface area contributed by atoms with Gasteiger partial charge < -0.3 is 9.64 Å². The molecule has 0 radical (unpaired) electrons. The van der Waals surface area contributed by atoms with Gasteiger partial charge in [0.05, 0.1) is 24.9 Å². The smallest absolute Gasteiger partial charge is 0.244 e. The van der Waals surface area contributed by atoms with Crippen LogP contribution >= 0.6 is 0 Å². The lowest BCUT2D eigenvalue weighted by molar-refractivity contribution is -0.131. The first-order chi connectivity index (χ1) is 9.12. The monoisotopic (exact) mass is 267 g/mol. The Morgan fingerprint density at radius 1 is 1.32 bits per heavy atom. The summed E-state index contributed by atoms with van der Waals surface area (Å²) in [6, 6.07) is 0. The van der Waals surface area contributed by atoms with E-state index in [1.807, 2.05) is 0 Å². The van der Waals surface area contributed by atoms with Crippen molar-refractivity contribution in [1.29, 1.82) is 0 Å². The number of rotatable bonds is 4. The second kappa shape index (κ2) is 5.04. The summed E-state index contributed by atoms with van der Waals surface area (Å²) in [6.07, 6.45) is 2.25. The number of ether oxygens (including phenoxy) is 1. The van der Waals surface area contributed by atoms with Gasteiger partial charge in [0.15, 0.2) is 0 Å². The summed E-state index contributed by atoms with van der Waals surface area (Å²) in [4.78, 5) is 17.0. The zero-order valence-corrected chi connectivity index (χ0v) is 12.0. The van der Waals surface area contributed by atoms with Crippen molar-refractivity contribution in [2.45, 2.75) is 38.4 Å². The van der Waals surface area contributed by atoms with Gasteiger partial charge in [0.1, 0.15) is 0 Å². The predicted molar refractivity (Wildman–Crippen MR) is 72.7 cm³/mol. The molecule has 108 valence electrons. The fourth-order valence-electron chi connectivity index (χ4n) is 3.15. The molecule has 19 heavy (non-hydrogen) atoms. The molecule has 1 N–H and O–H groups in total. The van der Waals surface area contributed by atoms with Crippen LogP contribution in [0.15, 0.2) is 0 Å². The van der Waals surface area contributed by atoms with Gasteiger partial charge in [-0.05, 0) is 18.8 Å². The van der Waals surface area contributed by atoms with E-state index < -0.39 is 0 Å². The van der Waals surface area contributed by atoms with E-state index in [-0.39, 0.29) is 11.7 Å². The van der Waals surface area contributed by atoms with E-state index in [0.717, 1.165) is 52.2 Å². The van der Waals surface area contributed by atoms with Crippen LogP contribution in [0, 0.1) is 5.92 Å². The molecule has 3 aliphatic rings. The summed E-state index contributed by atoms with van der Waals surface area (Å²) in [5.74, 6) is 0.799. The lowest BCUT2D eigenvalue weighted by atomic mass is 10.1. The van der Waals surface area contributed by atoms with Gasteiger partial charge in [-0.1, -0.05) is 13.8 Å². The summed E-state index contributed by atoms with van der Waals surface area (Å²) in [5, 5.41) is 3.56. The Kier molecular flexibility index (Phi) is 3.53. The topological polar surface area (TPSA) is 44.8 Å². The van der Waals surface area contributed by atoms with Gasteiger partial charge in [0.25, 0.3) is 0 Å². The molecule has 2 saturated heterocycles. The van der Waals surface area contributed by atoms with Crippen molar-refractivity contribution in [3.05, 3.63) is 0 Å². The normalized spacial score (nSPS) is 30.6. The minimum Gasteiger partial charge on any atom is -0.379 e. The number of morpholine rings is 1. The minimum atomic E-state index is -0.181. The molecule has 1 atom stereocenters. The quantitative estimate of drug-likeness (QED) is 0.794. The molecule has 2 aliphatic heterocycles. The summed E-state index contributed by atoms with van der Waals surface area (Å²) >= 11 is 0. The van der Waals surface area contributed by atoms with Crippen molar-refractivity contribution < 1.29 is 9.53 Å². The summed E-state index contributed by atoms with van der Waals surface area (Å²) < 4.78 is 5.36. The molecule has 3 rings (SSSR count). The summed E-state index contributed by atoms with van der Waals surface area (Å²) in [7, 11) is 0. The Labute approximate surface area is 115 Å². The van der Waals surface area contributed by atoms with Crippen LogP contribution in [0.1, 0.15) is 26.7 Å². The second-order valence-corrected chi connectivity index (χ2v) is 6.37. The van der Waals surface area contributed by atoms with Gasteiger partial charge in [-0.25, -0.2) is 0 Å². The van der Waals surface area contributed by atoms with E-state index in [9.17, 15) is 4.79 Å². The van der Waals surface area contributed by atoms with E-state index >= 15 is 0 Å². The van der Waals surface area contributed by atoms with Crippen LogP contribution in [-0.4, -0.2) is 66.8 Å². The number of hydrogen-bond donors (Lipinski definition) is 1. The Hall–Kier alpha value is -0.650. The molecule has 1 unspecified atom stereocenters. The predicted octanol–water partition coefficient (Wildman–Crippen LogP) is 0.265. The highest BCUT2D eigenvalue weighted by Crippen LogP contribution is 2.43. The highest BCUT2D eigenvalue weighted by atomic mass is 16.5. The number of nitrogens with one attached hydrogen (secondary N) is 1. The lowest BCUT2D eigenvalue weighted by Gasteiger charge is -2.31.